The highest BCUT2D eigenvalue weighted by atomic mass is 32.1. The van der Waals surface area contributed by atoms with Crippen LogP contribution in [0.25, 0.3) is 10.6 Å². The highest BCUT2D eigenvalue weighted by Gasteiger charge is 2.27. The molecule has 0 saturated heterocycles. The molecular formula is C22H28N4O2S. The van der Waals surface area contributed by atoms with Crippen molar-refractivity contribution < 1.29 is 9.52 Å². The quantitative estimate of drug-likeness (QED) is 0.404. The largest absolute Gasteiger partial charge is 0.466 e. The molecule has 1 atom stereocenters. The summed E-state index contributed by atoms with van der Waals surface area (Å²) < 4.78 is 5.56. The molecule has 0 aliphatic rings. The Morgan fingerprint density at radius 1 is 1.24 bits per heavy atom. The number of rotatable bonds is 7. The Morgan fingerprint density at radius 2 is 2.00 bits per heavy atom. The van der Waals surface area contributed by atoms with Gasteiger partial charge in [0.05, 0.1) is 18.8 Å². The van der Waals surface area contributed by atoms with E-state index in [1.54, 1.807) is 18.3 Å². The Labute approximate surface area is 175 Å². The molecule has 0 radical (unpaired) electrons. The molecule has 1 aromatic carbocycles. The molecule has 0 bridgehead atoms. The average Bonchev–Trinajstić information content (AvgIpc) is 3.31. The Morgan fingerprint density at radius 3 is 2.66 bits per heavy atom. The Bertz CT molecular complexity index is 960. The van der Waals surface area contributed by atoms with E-state index >= 15 is 0 Å². The van der Waals surface area contributed by atoms with Crippen LogP contribution in [0.4, 0.5) is 0 Å². The smallest absolute Gasteiger partial charge is 0.191 e. The van der Waals surface area contributed by atoms with Crippen molar-refractivity contribution in [1.29, 1.82) is 0 Å². The lowest BCUT2D eigenvalue weighted by molar-refractivity contribution is 0.0601. The maximum absolute atomic E-state index is 10.9. The molecule has 7 heteroatoms. The van der Waals surface area contributed by atoms with Crippen molar-refractivity contribution >= 4 is 17.3 Å². The number of hydrogen-bond acceptors (Lipinski definition) is 5. The number of aryl methyl sites for hydroxylation is 2. The van der Waals surface area contributed by atoms with Crippen LogP contribution in [-0.2, 0) is 12.1 Å². The molecule has 1 unspecified atom stereocenters. The number of aliphatic hydroxyl groups is 1. The first-order valence-electron chi connectivity index (χ1n) is 9.71. The molecule has 0 saturated carbocycles. The van der Waals surface area contributed by atoms with E-state index in [0.717, 1.165) is 39.9 Å². The number of aliphatic imine (C=N–C) groups is 1. The van der Waals surface area contributed by atoms with Gasteiger partial charge in [-0.3, -0.25) is 0 Å². The van der Waals surface area contributed by atoms with Crippen LogP contribution in [0, 0.1) is 13.8 Å². The summed E-state index contributed by atoms with van der Waals surface area (Å²) in [6.07, 6.45) is 0. The zero-order valence-electron chi connectivity index (χ0n) is 17.3. The third-order valence-electron chi connectivity index (χ3n) is 4.54. The van der Waals surface area contributed by atoms with Gasteiger partial charge >= 0.3 is 0 Å². The van der Waals surface area contributed by atoms with Crippen LogP contribution in [0.5, 0.6) is 0 Å². The average molecular weight is 413 g/mol. The van der Waals surface area contributed by atoms with Crippen molar-refractivity contribution in [2.24, 2.45) is 4.99 Å². The lowest BCUT2D eigenvalue weighted by atomic mass is 9.96. The van der Waals surface area contributed by atoms with Crippen LogP contribution < -0.4 is 10.6 Å². The first-order chi connectivity index (χ1) is 13.9. The van der Waals surface area contributed by atoms with Crippen LogP contribution in [-0.4, -0.2) is 29.1 Å². The Kier molecular flexibility index (Phi) is 6.71. The van der Waals surface area contributed by atoms with Gasteiger partial charge in [0.15, 0.2) is 5.96 Å². The predicted octanol–water partition coefficient (Wildman–Crippen LogP) is 3.98. The van der Waals surface area contributed by atoms with Gasteiger partial charge in [-0.2, -0.15) is 0 Å². The minimum Gasteiger partial charge on any atom is -0.466 e. The minimum absolute atomic E-state index is 0.310. The molecule has 0 fully saturated rings. The molecule has 154 valence electrons. The number of hydrogen-bond donors (Lipinski definition) is 3. The molecule has 0 amide bonds. The molecule has 2 aromatic heterocycles. The predicted molar refractivity (Wildman–Crippen MR) is 118 cm³/mol. The van der Waals surface area contributed by atoms with Crippen LogP contribution in [0.15, 0.2) is 51.2 Å². The van der Waals surface area contributed by atoms with E-state index in [2.05, 4.69) is 32.7 Å². The monoisotopic (exact) mass is 412 g/mol. The van der Waals surface area contributed by atoms with E-state index < -0.39 is 5.60 Å². The molecule has 0 aliphatic carbocycles. The molecule has 2 heterocycles. The van der Waals surface area contributed by atoms with Crippen LogP contribution >= 0.6 is 11.3 Å². The molecule has 6 nitrogen and oxygen atoms in total. The summed E-state index contributed by atoms with van der Waals surface area (Å²) in [5.74, 6) is 2.16. The molecule has 29 heavy (non-hydrogen) atoms. The molecular weight excluding hydrogens is 384 g/mol. The summed E-state index contributed by atoms with van der Waals surface area (Å²) in [5, 5.41) is 20.4. The standard InChI is InChI=1S/C22H28N4O2S/c1-5-23-21(25-14-22(4,27)19-11-15(2)28-16(19)3)24-12-18-13-29-20(26-18)17-9-7-6-8-10-17/h6-11,13,27H,5,12,14H2,1-4H3,(H2,23,24,25). The molecule has 0 aliphatic heterocycles. The second-order valence-electron chi connectivity index (χ2n) is 7.16. The van der Waals surface area contributed by atoms with Crippen LogP contribution in [0.3, 0.4) is 0 Å². The highest BCUT2D eigenvalue weighted by Crippen LogP contribution is 2.26. The zero-order valence-corrected chi connectivity index (χ0v) is 18.1. The van der Waals surface area contributed by atoms with Gasteiger partial charge in [0.2, 0.25) is 0 Å². The van der Waals surface area contributed by atoms with Gasteiger partial charge in [-0.25, -0.2) is 9.98 Å². The number of thiazole rings is 1. The topological polar surface area (TPSA) is 82.7 Å². The SMILES string of the molecule is CCNC(=NCc1csc(-c2ccccc2)n1)NCC(C)(O)c1cc(C)oc1C. The normalized spacial score (nSPS) is 13.9. The van der Waals surface area contributed by atoms with Gasteiger partial charge in [-0.05, 0) is 33.8 Å². The Balaban J connectivity index is 1.66. The minimum atomic E-state index is -1.07. The van der Waals surface area contributed by atoms with Gasteiger partial charge in [0.25, 0.3) is 0 Å². The number of nitrogens with one attached hydrogen (secondary N) is 2. The summed E-state index contributed by atoms with van der Waals surface area (Å²) in [6.45, 7) is 9.02. The number of nitrogens with zero attached hydrogens (tertiary/aromatic N) is 2. The highest BCUT2D eigenvalue weighted by molar-refractivity contribution is 7.13. The fraction of sp³-hybridized carbons (Fsp3) is 0.364. The van der Waals surface area contributed by atoms with Gasteiger partial charge in [-0.15, -0.1) is 11.3 Å². The maximum atomic E-state index is 10.9. The van der Waals surface area contributed by atoms with Crippen molar-refractivity contribution in [3.63, 3.8) is 0 Å². The molecule has 3 N–H and O–H groups in total. The summed E-state index contributed by atoms with van der Waals surface area (Å²) in [6, 6.07) is 12.0. The second kappa shape index (κ2) is 9.24. The molecule has 3 rings (SSSR count). The summed E-state index contributed by atoms with van der Waals surface area (Å²) in [4.78, 5) is 9.30. The van der Waals surface area contributed by atoms with Crippen molar-refractivity contribution in [2.45, 2.75) is 39.8 Å². The van der Waals surface area contributed by atoms with E-state index in [0.29, 0.717) is 19.0 Å². The van der Waals surface area contributed by atoms with Gasteiger partial charge in [0.1, 0.15) is 22.1 Å². The lowest BCUT2D eigenvalue weighted by Crippen LogP contribution is -2.44. The number of guanidine groups is 1. The van der Waals surface area contributed by atoms with E-state index in [9.17, 15) is 5.11 Å². The molecule has 3 aromatic rings. The van der Waals surface area contributed by atoms with Gasteiger partial charge in [-0.1, -0.05) is 30.3 Å². The number of benzene rings is 1. The van der Waals surface area contributed by atoms with Crippen LogP contribution in [0.1, 0.15) is 36.6 Å². The fourth-order valence-electron chi connectivity index (χ4n) is 3.11. The van der Waals surface area contributed by atoms with Crippen LogP contribution in [0.2, 0.25) is 0 Å². The Hall–Kier alpha value is -2.64. The van der Waals surface area contributed by atoms with E-state index in [4.69, 9.17) is 4.42 Å². The van der Waals surface area contributed by atoms with Crippen molar-refractivity contribution in [2.75, 3.05) is 13.1 Å². The number of furan rings is 1. The summed E-state index contributed by atoms with van der Waals surface area (Å²) in [5.41, 5.74) is 1.74. The third kappa shape index (κ3) is 5.46. The lowest BCUT2D eigenvalue weighted by Gasteiger charge is -2.24. The van der Waals surface area contributed by atoms with Gasteiger partial charge < -0.3 is 20.2 Å². The first-order valence-corrected chi connectivity index (χ1v) is 10.6. The van der Waals surface area contributed by atoms with Crippen molar-refractivity contribution in [1.82, 2.24) is 15.6 Å². The summed E-state index contributed by atoms with van der Waals surface area (Å²) in [7, 11) is 0. The van der Waals surface area contributed by atoms with E-state index in [-0.39, 0.29) is 0 Å². The first kappa shape index (κ1) is 21.1. The third-order valence-corrected chi connectivity index (χ3v) is 5.48. The molecule has 0 spiro atoms. The van der Waals surface area contributed by atoms with Crippen molar-refractivity contribution in [3.05, 3.63) is 64.6 Å². The van der Waals surface area contributed by atoms with E-state index in [1.165, 1.54) is 0 Å². The maximum Gasteiger partial charge on any atom is 0.191 e. The second-order valence-corrected chi connectivity index (χ2v) is 8.02. The fourth-order valence-corrected chi connectivity index (χ4v) is 3.93. The van der Waals surface area contributed by atoms with Crippen molar-refractivity contribution in [3.8, 4) is 10.6 Å². The van der Waals surface area contributed by atoms with Gasteiger partial charge in [0, 0.05) is 23.1 Å². The zero-order chi connectivity index (χ0) is 20.9. The summed E-state index contributed by atoms with van der Waals surface area (Å²) >= 11 is 1.61. The van der Waals surface area contributed by atoms with E-state index in [1.807, 2.05) is 50.4 Å². The number of aromatic nitrogens is 1.